The van der Waals surface area contributed by atoms with E-state index >= 15 is 0 Å². The molecule has 0 rings (SSSR count). The molecule has 0 spiro atoms. The lowest BCUT2D eigenvalue weighted by Gasteiger charge is -2.22. The summed E-state index contributed by atoms with van der Waals surface area (Å²) in [6.07, 6.45) is 0.361. The highest BCUT2D eigenvalue weighted by Crippen LogP contribution is 2.19. The van der Waals surface area contributed by atoms with Gasteiger partial charge in [0.1, 0.15) is 0 Å². The van der Waals surface area contributed by atoms with Crippen molar-refractivity contribution in [1.82, 2.24) is 21.3 Å². The van der Waals surface area contributed by atoms with E-state index < -0.39 is 29.7 Å². The maximum Gasteiger partial charge on any atom is 0.270 e. The van der Waals surface area contributed by atoms with E-state index in [4.69, 9.17) is 33.5 Å². The van der Waals surface area contributed by atoms with Crippen molar-refractivity contribution < 1.29 is 25.9 Å². The van der Waals surface area contributed by atoms with Gasteiger partial charge in [-0.15, -0.1) is 0 Å². The molecule has 0 heterocycles. The summed E-state index contributed by atoms with van der Waals surface area (Å²) >= 11 is 10.1. The molecule has 10 nitrogen and oxygen atoms in total. The minimum absolute atomic E-state index is 0.180. The zero-order valence-electron chi connectivity index (χ0n) is 16.4. The molecule has 0 aromatic carbocycles. The molecule has 28 heavy (non-hydrogen) atoms. The van der Waals surface area contributed by atoms with Crippen LogP contribution in [0.15, 0.2) is 0 Å². The lowest BCUT2D eigenvalue weighted by molar-refractivity contribution is 0.429. The summed E-state index contributed by atoms with van der Waals surface area (Å²) in [6, 6.07) is 0. The van der Waals surface area contributed by atoms with Crippen molar-refractivity contribution in [1.29, 1.82) is 0 Å². The Morgan fingerprint density at radius 1 is 0.679 bits per heavy atom. The van der Waals surface area contributed by atoms with Crippen molar-refractivity contribution in [2.45, 2.75) is 50.0 Å². The summed E-state index contributed by atoms with van der Waals surface area (Å²) in [6.45, 7) is 7.12. The molecule has 0 aromatic heterocycles. The van der Waals surface area contributed by atoms with Crippen LogP contribution in [0.3, 0.4) is 0 Å². The molecule has 0 aromatic rings. The summed E-state index contributed by atoms with van der Waals surface area (Å²) in [7, 11) is -8.28. The van der Waals surface area contributed by atoms with Gasteiger partial charge in [0.2, 0.25) is 0 Å². The lowest BCUT2D eigenvalue weighted by Crippen LogP contribution is -2.45. The van der Waals surface area contributed by atoms with E-state index in [1.165, 1.54) is 27.7 Å². The van der Waals surface area contributed by atoms with Crippen molar-refractivity contribution in [3.8, 4) is 0 Å². The summed E-state index contributed by atoms with van der Waals surface area (Å²) in [5.74, 6) is 0. The molecule has 0 aliphatic heterocycles. The molecular weight excluding hydrogens is 448 g/mol. The van der Waals surface area contributed by atoms with Gasteiger partial charge in [-0.3, -0.25) is 9.11 Å². The summed E-state index contributed by atoms with van der Waals surface area (Å²) in [4.78, 5) is 0. The van der Waals surface area contributed by atoms with Crippen LogP contribution in [-0.4, -0.2) is 71.8 Å². The lowest BCUT2D eigenvalue weighted by atomic mass is 10.1. The minimum atomic E-state index is -4.14. The van der Waals surface area contributed by atoms with E-state index in [2.05, 4.69) is 21.3 Å². The van der Waals surface area contributed by atoms with E-state index in [1.807, 2.05) is 0 Å². The molecule has 0 amide bonds. The Balaban J connectivity index is 3.95. The van der Waals surface area contributed by atoms with Crippen LogP contribution in [-0.2, 0) is 20.2 Å². The van der Waals surface area contributed by atoms with Crippen LogP contribution in [0.25, 0.3) is 0 Å². The van der Waals surface area contributed by atoms with Gasteiger partial charge in [0.15, 0.2) is 10.2 Å². The molecule has 0 aliphatic rings. The van der Waals surface area contributed by atoms with Gasteiger partial charge in [-0.25, -0.2) is 0 Å². The van der Waals surface area contributed by atoms with E-state index in [0.29, 0.717) is 23.3 Å². The van der Waals surface area contributed by atoms with E-state index in [0.717, 1.165) is 0 Å². The maximum absolute atomic E-state index is 11.2. The second-order valence-electron chi connectivity index (χ2n) is 7.33. The third-order valence-corrected chi connectivity index (χ3v) is 7.90. The number of nitrogens with one attached hydrogen (secondary N) is 4. The quantitative estimate of drug-likeness (QED) is 0.135. The normalized spacial score (nSPS) is 12.9. The highest BCUT2D eigenvalue weighted by molar-refractivity contribution is 7.87. The highest BCUT2D eigenvalue weighted by Gasteiger charge is 2.32. The fourth-order valence-electron chi connectivity index (χ4n) is 1.69. The number of rotatable bonds is 11. The molecular formula is C14H30N4O6S4. The fourth-order valence-corrected chi connectivity index (χ4v) is 2.82. The Morgan fingerprint density at radius 2 is 0.929 bits per heavy atom. The van der Waals surface area contributed by atoms with Gasteiger partial charge in [-0.05, 0) is 65.0 Å². The summed E-state index contributed by atoms with van der Waals surface area (Å²) in [5, 5.41) is 12.2. The molecule has 0 bridgehead atoms. The Bertz CT molecular complexity index is 686. The smallest absolute Gasteiger partial charge is 0.270 e. The first-order valence-electron chi connectivity index (χ1n) is 8.47. The van der Waals surface area contributed by atoms with E-state index in [-0.39, 0.29) is 25.9 Å². The van der Waals surface area contributed by atoms with Crippen molar-refractivity contribution >= 4 is 54.9 Å². The Kier molecular flexibility index (Phi) is 10.5. The van der Waals surface area contributed by atoms with Crippen molar-refractivity contribution in [2.75, 3.05) is 26.2 Å². The standard InChI is InChI=1S/C14H30N4O6S4/c1-13(2,27(19,20)21)5-7-15-11(25)17-9-10-18-12(26)16-8-6-14(3,4)28(22,23)24/h5-10H2,1-4H3,(H2,15,17,25)(H2,16,18,26)(H,19,20,21)(H,22,23,24). The first-order chi connectivity index (χ1) is 12.5. The average molecular weight is 479 g/mol. The fraction of sp³-hybridized carbons (Fsp3) is 0.857. The van der Waals surface area contributed by atoms with E-state index in [9.17, 15) is 16.8 Å². The molecule has 0 saturated heterocycles. The van der Waals surface area contributed by atoms with E-state index in [1.54, 1.807) is 0 Å². The molecule has 0 saturated carbocycles. The molecule has 0 radical (unpaired) electrons. The van der Waals surface area contributed by atoms with Gasteiger partial charge >= 0.3 is 0 Å². The van der Waals surface area contributed by atoms with Crippen molar-refractivity contribution in [3.05, 3.63) is 0 Å². The van der Waals surface area contributed by atoms with Crippen LogP contribution >= 0.6 is 24.4 Å². The minimum Gasteiger partial charge on any atom is -0.363 e. The van der Waals surface area contributed by atoms with Crippen LogP contribution in [0.1, 0.15) is 40.5 Å². The average Bonchev–Trinajstić information content (AvgIpc) is 2.49. The molecule has 0 atom stereocenters. The third kappa shape index (κ3) is 10.1. The zero-order chi connectivity index (χ0) is 22.2. The highest BCUT2D eigenvalue weighted by atomic mass is 32.2. The first-order valence-corrected chi connectivity index (χ1v) is 12.2. The second-order valence-corrected chi connectivity index (χ2v) is 12.3. The van der Waals surface area contributed by atoms with Crippen LogP contribution in [0.4, 0.5) is 0 Å². The number of hydrogen-bond donors (Lipinski definition) is 6. The Labute approximate surface area is 178 Å². The third-order valence-electron chi connectivity index (χ3n) is 4.12. The molecule has 0 aliphatic carbocycles. The zero-order valence-corrected chi connectivity index (χ0v) is 19.7. The molecule has 14 heteroatoms. The van der Waals surface area contributed by atoms with Crippen molar-refractivity contribution in [2.24, 2.45) is 0 Å². The summed E-state index contributed by atoms with van der Waals surface area (Å²) in [5.41, 5.74) is 0. The predicted molar refractivity (Wildman–Crippen MR) is 118 cm³/mol. The van der Waals surface area contributed by atoms with Crippen LogP contribution < -0.4 is 21.3 Å². The maximum atomic E-state index is 11.2. The number of thiocarbonyl (C=S) groups is 2. The van der Waals surface area contributed by atoms with Crippen LogP contribution in [0, 0.1) is 0 Å². The van der Waals surface area contributed by atoms with Gasteiger partial charge < -0.3 is 21.3 Å². The molecule has 166 valence electrons. The van der Waals surface area contributed by atoms with Gasteiger partial charge in [0, 0.05) is 26.2 Å². The molecule has 0 fully saturated rings. The van der Waals surface area contributed by atoms with Gasteiger partial charge in [-0.1, -0.05) is 0 Å². The van der Waals surface area contributed by atoms with Crippen LogP contribution in [0.2, 0.25) is 0 Å². The molecule has 6 N–H and O–H groups in total. The largest absolute Gasteiger partial charge is 0.363 e. The second kappa shape index (κ2) is 10.8. The first kappa shape index (κ1) is 27.2. The Hall–Kier alpha value is -0.800. The SMILES string of the molecule is CC(C)(CCNC(=S)NCCNC(=S)NCCC(C)(C)S(=O)(=O)O)S(=O)(=O)O. The summed E-state index contributed by atoms with van der Waals surface area (Å²) < 4.78 is 60.5. The van der Waals surface area contributed by atoms with Gasteiger partial charge in [-0.2, -0.15) is 16.8 Å². The number of hydrogen-bond acceptors (Lipinski definition) is 6. The van der Waals surface area contributed by atoms with Crippen molar-refractivity contribution in [3.63, 3.8) is 0 Å². The van der Waals surface area contributed by atoms with Gasteiger partial charge in [0.25, 0.3) is 20.2 Å². The monoisotopic (exact) mass is 478 g/mol. The predicted octanol–water partition coefficient (Wildman–Crippen LogP) is 0.0276. The molecule has 0 unspecified atom stereocenters. The topological polar surface area (TPSA) is 157 Å². The van der Waals surface area contributed by atoms with Crippen LogP contribution in [0.5, 0.6) is 0 Å². The Morgan fingerprint density at radius 3 is 1.18 bits per heavy atom. The van der Waals surface area contributed by atoms with Gasteiger partial charge in [0.05, 0.1) is 9.49 Å².